The van der Waals surface area contributed by atoms with Crippen LogP contribution in [0.25, 0.3) is 0 Å². The molecule has 4 rings (SSSR count). The first-order valence-electron chi connectivity index (χ1n) is 9.57. The Bertz CT molecular complexity index is 819. The minimum atomic E-state index is -0.0146. The Balaban J connectivity index is 1.49. The molecule has 0 unspecified atom stereocenters. The van der Waals surface area contributed by atoms with Gasteiger partial charge in [-0.2, -0.15) is 0 Å². The lowest BCUT2D eigenvalue weighted by atomic mass is 9.77. The quantitative estimate of drug-likeness (QED) is 0.854. The SMILES string of the molecule is COc1ccc([C@H]2CCN[C@H](C)[C@H]2COc2ccc3c(c2)C(=O)NC3)cc1. The van der Waals surface area contributed by atoms with Gasteiger partial charge in [-0.05, 0) is 61.2 Å². The lowest BCUT2D eigenvalue weighted by molar-refractivity contribution is 0.0965. The molecule has 0 aliphatic carbocycles. The summed E-state index contributed by atoms with van der Waals surface area (Å²) in [5.74, 6) is 2.42. The Morgan fingerprint density at radius 1 is 1.11 bits per heavy atom. The smallest absolute Gasteiger partial charge is 0.252 e. The van der Waals surface area contributed by atoms with Crippen LogP contribution in [0, 0.1) is 5.92 Å². The van der Waals surface area contributed by atoms with Crippen LogP contribution < -0.4 is 20.1 Å². The Hall–Kier alpha value is -2.53. The molecule has 2 N–H and O–H groups in total. The Kier molecular flexibility index (Phi) is 5.03. The second-order valence-corrected chi connectivity index (χ2v) is 7.39. The Morgan fingerprint density at radius 3 is 2.67 bits per heavy atom. The molecule has 0 saturated carbocycles. The first-order chi connectivity index (χ1) is 13.2. The van der Waals surface area contributed by atoms with Gasteiger partial charge in [0.1, 0.15) is 11.5 Å². The molecule has 0 spiro atoms. The van der Waals surface area contributed by atoms with Gasteiger partial charge in [0.05, 0.1) is 13.7 Å². The van der Waals surface area contributed by atoms with E-state index in [4.69, 9.17) is 9.47 Å². The van der Waals surface area contributed by atoms with Crippen LogP contribution in [0.4, 0.5) is 0 Å². The summed E-state index contributed by atoms with van der Waals surface area (Å²) in [4.78, 5) is 11.9. The third-order valence-electron chi connectivity index (χ3n) is 5.83. The summed E-state index contributed by atoms with van der Waals surface area (Å²) in [7, 11) is 1.69. The summed E-state index contributed by atoms with van der Waals surface area (Å²) >= 11 is 0. The van der Waals surface area contributed by atoms with Gasteiger partial charge in [-0.25, -0.2) is 0 Å². The number of benzene rings is 2. The Morgan fingerprint density at radius 2 is 1.89 bits per heavy atom. The molecule has 2 heterocycles. The van der Waals surface area contributed by atoms with E-state index in [2.05, 4.69) is 29.7 Å². The fraction of sp³-hybridized carbons (Fsp3) is 0.409. The Labute approximate surface area is 160 Å². The minimum Gasteiger partial charge on any atom is -0.497 e. The number of hydrogen-bond donors (Lipinski definition) is 2. The van der Waals surface area contributed by atoms with E-state index in [-0.39, 0.29) is 5.91 Å². The number of rotatable bonds is 5. The average Bonchev–Trinajstić information content (AvgIpc) is 3.07. The number of carbonyl (C=O) groups is 1. The zero-order valence-electron chi connectivity index (χ0n) is 15.8. The molecule has 2 aliphatic rings. The summed E-state index contributed by atoms with van der Waals surface area (Å²) in [5.41, 5.74) is 3.09. The molecule has 0 radical (unpaired) electrons. The molecule has 142 valence electrons. The highest BCUT2D eigenvalue weighted by molar-refractivity contribution is 5.98. The molecular formula is C22H26N2O3. The molecule has 5 heteroatoms. The molecular weight excluding hydrogens is 340 g/mol. The third kappa shape index (κ3) is 3.65. The molecule has 2 aromatic rings. The maximum atomic E-state index is 11.9. The summed E-state index contributed by atoms with van der Waals surface area (Å²) in [5, 5.41) is 6.42. The fourth-order valence-electron chi connectivity index (χ4n) is 4.18. The maximum Gasteiger partial charge on any atom is 0.252 e. The fourth-order valence-corrected chi connectivity index (χ4v) is 4.18. The zero-order chi connectivity index (χ0) is 18.8. The first kappa shape index (κ1) is 17.9. The highest BCUT2D eigenvalue weighted by atomic mass is 16.5. The minimum absolute atomic E-state index is 0.0146. The summed E-state index contributed by atoms with van der Waals surface area (Å²) in [6.45, 7) is 4.45. The average molecular weight is 366 g/mol. The third-order valence-corrected chi connectivity index (χ3v) is 5.83. The van der Waals surface area contributed by atoms with Crippen molar-refractivity contribution in [3.8, 4) is 11.5 Å². The number of methoxy groups -OCH3 is 1. The van der Waals surface area contributed by atoms with Gasteiger partial charge in [-0.15, -0.1) is 0 Å². The number of amides is 1. The number of nitrogens with one attached hydrogen (secondary N) is 2. The van der Waals surface area contributed by atoms with Gasteiger partial charge in [0.15, 0.2) is 0 Å². The van der Waals surface area contributed by atoms with E-state index in [1.807, 2.05) is 30.3 Å². The molecule has 2 aliphatic heterocycles. The van der Waals surface area contributed by atoms with Crippen LogP contribution in [0.2, 0.25) is 0 Å². The van der Waals surface area contributed by atoms with Crippen molar-refractivity contribution in [2.24, 2.45) is 5.92 Å². The van der Waals surface area contributed by atoms with Crippen molar-refractivity contribution in [1.82, 2.24) is 10.6 Å². The van der Waals surface area contributed by atoms with Crippen LogP contribution in [0.5, 0.6) is 11.5 Å². The van der Waals surface area contributed by atoms with Crippen molar-refractivity contribution in [3.05, 3.63) is 59.2 Å². The monoisotopic (exact) mass is 366 g/mol. The van der Waals surface area contributed by atoms with Gasteiger partial charge in [-0.3, -0.25) is 4.79 Å². The lowest BCUT2D eigenvalue weighted by Crippen LogP contribution is -2.45. The van der Waals surface area contributed by atoms with Gasteiger partial charge < -0.3 is 20.1 Å². The number of piperidine rings is 1. The molecule has 1 fully saturated rings. The molecule has 27 heavy (non-hydrogen) atoms. The standard InChI is InChI=1S/C22H26N2O3/c1-14-21(13-27-18-8-5-16-12-24-22(25)20(16)11-18)19(9-10-23-14)15-3-6-17(26-2)7-4-15/h3-8,11,14,19,21,23H,9-10,12-13H2,1-2H3,(H,24,25)/t14-,19-,21-/m1/s1. The summed E-state index contributed by atoms with van der Waals surface area (Å²) in [6.07, 6.45) is 1.08. The van der Waals surface area contributed by atoms with Crippen LogP contribution >= 0.6 is 0 Å². The number of ether oxygens (including phenoxy) is 2. The molecule has 0 aromatic heterocycles. The highest BCUT2D eigenvalue weighted by Crippen LogP contribution is 2.35. The van der Waals surface area contributed by atoms with Gasteiger partial charge >= 0.3 is 0 Å². The van der Waals surface area contributed by atoms with E-state index < -0.39 is 0 Å². The number of hydrogen-bond acceptors (Lipinski definition) is 4. The molecule has 1 saturated heterocycles. The van der Waals surface area contributed by atoms with Crippen LogP contribution in [-0.2, 0) is 6.54 Å². The molecule has 1 amide bonds. The normalized spacial score (nSPS) is 24.2. The van der Waals surface area contributed by atoms with Crippen LogP contribution in [0.1, 0.15) is 40.7 Å². The maximum absolute atomic E-state index is 11.9. The van der Waals surface area contributed by atoms with Crippen molar-refractivity contribution in [2.75, 3.05) is 20.3 Å². The van der Waals surface area contributed by atoms with E-state index in [9.17, 15) is 4.79 Å². The van der Waals surface area contributed by atoms with Crippen molar-refractivity contribution in [1.29, 1.82) is 0 Å². The summed E-state index contributed by atoms with van der Waals surface area (Å²) < 4.78 is 11.4. The van der Waals surface area contributed by atoms with Crippen molar-refractivity contribution in [3.63, 3.8) is 0 Å². The molecule has 5 nitrogen and oxygen atoms in total. The van der Waals surface area contributed by atoms with Crippen LogP contribution in [-0.4, -0.2) is 32.2 Å². The van der Waals surface area contributed by atoms with E-state index in [0.717, 1.165) is 35.6 Å². The van der Waals surface area contributed by atoms with Crippen LogP contribution in [0.3, 0.4) is 0 Å². The largest absolute Gasteiger partial charge is 0.497 e. The van der Waals surface area contributed by atoms with Crippen molar-refractivity contribution < 1.29 is 14.3 Å². The second kappa shape index (κ2) is 7.61. The van der Waals surface area contributed by atoms with Gasteiger partial charge in [-0.1, -0.05) is 18.2 Å². The highest BCUT2D eigenvalue weighted by Gasteiger charge is 2.32. The molecule has 0 bridgehead atoms. The number of fused-ring (bicyclic) bond motifs is 1. The first-order valence-corrected chi connectivity index (χ1v) is 9.57. The zero-order valence-corrected chi connectivity index (χ0v) is 15.8. The van der Waals surface area contributed by atoms with Crippen LogP contribution in [0.15, 0.2) is 42.5 Å². The summed E-state index contributed by atoms with van der Waals surface area (Å²) in [6, 6.07) is 14.5. The van der Waals surface area contributed by atoms with E-state index in [0.29, 0.717) is 31.0 Å². The predicted molar refractivity (Wildman–Crippen MR) is 104 cm³/mol. The van der Waals surface area contributed by atoms with E-state index >= 15 is 0 Å². The van der Waals surface area contributed by atoms with Crippen molar-refractivity contribution in [2.45, 2.75) is 31.8 Å². The van der Waals surface area contributed by atoms with Gasteiger partial charge in [0.25, 0.3) is 5.91 Å². The van der Waals surface area contributed by atoms with Gasteiger partial charge in [0, 0.05) is 24.1 Å². The molecule has 3 atom stereocenters. The lowest BCUT2D eigenvalue weighted by Gasteiger charge is -2.37. The second-order valence-electron chi connectivity index (χ2n) is 7.39. The molecule has 2 aromatic carbocycles. The van der Waals surface area contributed by atoms with E-state index in [1.54, 1.807) is 7.11 Å². The predicted octanol–water partition coefficient (Wildman–Crippen LogP) is 3.10. The van der Waals surface area contributed by atoms with E-state index in [1.165, 1.54) is 5.56 Å². The van der Waals surface area contributed by atoms with Gasteiger partial charge in [0.2, 0.25) is 0 Å². The number of carbonyl (C=O) groups excluding carboxylic acids is 1. The topological polar surface area (TPSA) is 59.6 Å². The van der Waals surface area contributed by atoms with Crippen molar-refractivity contribution >= 4 is 5.91 Å².